The molecule has 0 bridgehead atoms. The maximum Gasteiger partial charge on any atom is 0.0908 e. The molecule has 0 aromatic heterocycles. The molecule has 5 atom stereocenters. The average molecular weight is 238 g/mol. The summed E-state index contributed by atoms with van der Waals surface area (Å²) in [5, 5.41) is 20.2. The Morgan fingerprint density at radius 3 is 2.41 bits per heavy atom. The maximum atomic E-state index is 10.7. The van der Waals surface area contributed by atoms with Crippen LogP contribution >= 0.6 is 0 Å². The summed E-state index contributed by atoms with van der Waals surface area (Å²) >= 11 is 0. The highest BCUT2D eigenvalue weighted by atomic mass is 16.3. The van der Waals surface area contributed by atoms with E-state index in [2.05, 4.69) is 20.8 Å². The van der Waals surface area contributed by atoms with Gasteiger partial charge in [-0.15, -0.1) is 0 Å². The summed E-state index contributed by atoms with van der Waals surface area (Å²) in [5.74, 6) is 1.83. The fraction of sp³-hybridized carbons (Fsp3) is 1.00. The third-order valence-corrected chi connectivity index (χ3v) is 6.22. The summed E-state index contributed by atoms with van der Waals surface area (Å²) in [5.41, 5.74) is 0.00977. The number of fused-ring (bicyclic) bond motifs is 3. The monoisotopic (exact) mass is 238 g/mol. The fourth-order valence-corrected chi connectivity index (χ4v) is 5.06. The van der Waals surface area contributed by atoms with Crippen molar-refractivity contribution in [2.45, 2.75) is 58.5 Å². The van der Waals surface area contributed by atoms with Gasteiger partial charge in [0.15, 0.2) is 0 Å². The van der Waals surface area contributed by atoms with Gasteiger partial charge in [-0.2, -0.15) is 0 Å². The van der Waals surface area contributed by atoms with Crippen molar-refractivity contribution >= 4 is 0 Å². The third-order valence-electron chi connectivity index (χ3n) is 6.22. The molecule has 0 aliphatic heterocycles. The molecular formula is C15H26O2. The van der Waals surface area contributed by atoms with Crippen molar-refractivity contribution < 1.29 is 10.2 Å². The normalized spacial score (nSPS) is 55.9. The Balaban J connectivity index is 1.95. The summed E-state index contributed by atoms with van der Waals surface area (Å²) in [6.07, 6.45) is 5.65. The van der Waals surface area contributed by atoms with Crippen LogP contribution in [0.1, 0.15) is 52.9 Å². The van der Waals surface area contributed by atoms with Crippen molar-refractivity contribution in [3.63, 3.8) is 0 Å². The first kappa shape index (κ1) is 12.0. The summed E-state index contributed by atoms with van der Waals surface area (Å²) in [7, 11) is 0. The molecule has 5 unspecified atom stereocenters. The van der Waals surface area contributed by atoms with Gasteiger partial charge in [0, 0.05) is 0 Å². The van der Waals surface area contributed by atoms with Crippen molar-refractivity contribution in [1.29, 1.82) is 0 Å². The molecule has 17 heavy (non-hydrogen) atoms. The molecule has 98 valence electrons. The molecular weight excluding hydrogens is 212 g/mol. The number of hydrogen-bond donors (Lipinski definition) is 2. The predicted molar refractivity (Wildman–Crippen MR) is 67.5 cm³/mol. The molecule has 2 N–H and O–H groups in total. The smallest absolute Gasteiger partial charge is 0.0908 e. The Bertz CT molecular complexity index is 338. The second kappa shape index (κ2) is 3.27. The van der Waals surface area contributed by atoms with Gasteiger partial charge in [-0.1, -0.05) is 20.8 Å². The van der Waals surface area contributed by atoms with Gasteiger partial charge in [-0.3, -0.25) is 0 Å². The largest absolute Gasteiger partial charge is 0.393 e. The lowest BCUT2D eigenvalue weighted by molar-refractivity contribution is -0.0667. The summed E-state index contributed by atoms with van der Waals surface area (Å²) in [4.78, 5) is 0. The average Bonchev–Trinajstić information content (AvgIpc) is 2.74. The van der Waals surface area contributed by atoms with E-state index < -0.39 is 5.60 Å². The highest BCUT2D eigenvalue weighted by molar-refractivity contribution is 5.14. The zero-order chi connectivity index (χ0) is 12.5. The number of rotatable bonds is 1. The second-order valence-electron chi connectivity index (χ2n) is 7.99. The van der Waals surface area contributed by atoms with E-state index in [4.69, 9.17) is 0 Å². The molecule has 0 amide bonds. The van der Waals surface area contributed by atoms with Gasteiger partial charge in [0.05, 0.1) is 12.2 Å². The first-order valence-corrected chi connectivity index (χ1v) is 7.14. The molecule has 3 fully saturated rings. The van der Waals surface area contributed by atoms with Crippen molar-refractivity contribution in [2.75, 3.05) is 6.61 Å². The van der Waals surface area contributed by atoms with Crippen LogP contribution in [0.5, 0.6) is 0 Å². The van der Waals surface area contributed by atoms with E-state index in [0.29, 0.717) is 22.7 Å². The lowest BCUT2D eigenvalue weighted by Gasteiger charge is -2.37. The van der Waals surface area contributed by atoms with Crippen LogP contribution in [0.2, 0.25) is 0 Å². The third kappa shape index (κ3) is 1.60. The van der Waals surface area contributed by atoms with Gasteiger partial charge >= 0.3 is 0 Å². The van der Waals surface area contributed by atoms with Crippen LogP contribution in [0, 0.1) is 28.6 Å². The first-order chi connectivity index (χ1) is 7.81. The summed E-state index contributed by atoms with van der Waals surface area (Å²) in [6, 6.07) is 0. The number of aliphatic hydroxyl groups excluding tert-OH is 1. The van der Waals surface area contributed by atoms with Crippen molar-refractivity contribution in [3.05, 3.63) is 0 Å². The first-order valence-electron chi connectivity index (χ1n) is 7.14. The topological polar surface area (TPSA) is 40.5 Å². The molecule has 3 rings (SSSR count). The minimum Gasteiger partial charge on any atom is -0.393 e. The zero-order valence-electron chi connectivity index (χ0n) is 11.4. The van der Waals surface area contributed by atoms with Crippen LogP contribution in [0.4, 0.5) is 0 Å². The van der Waals surface area contributed by atoms with E-state index >= 15 is 0 Å². The van der Waals surface area contributed by atoms with E-state index in [1.807, 2.05) is 0 Å². The van der Waals surface area contributed by atoms with Crippen LogP contribution in [0.25, 0.3) is 0 Å². The molecule has 0 aromatic carbocycles. The molecule has 3 aliphatic rings. The fourth-order valence-electron chi connectivity index (χ4n) is 5.06. The Morgan fingerprint density at radius 1 is 1.06 bits per heavy atom. The number of hydrogen-bond acceptors (Lipinski definition) is 2. The molecule has 3 saturated carbocycles. The van der Waals surface area contributed by atoms with Gasteiger partial charge in [0.1, 0.15) is 0 Å². The Kier molecular flexibility index (Phi) is 2.30. The molecule has 0 saturated heterocycles. The highest BCUT2D eigenvalue weighted by Gasteiger charge is 2.65. The molecule has 0 spiro atoms. The maximum absolute atomic E-state index is 10.7. The minimum absolute atomic E-state index is 0.0506. The van der Waals surface area contributed by atoms with E-state index in [0.717, 1.165) is 25.2 Å². The molecule has 2 heteroatoms. The van der Waals surface area contributed by atoms with E-state index in [1.165, 1.54) is 12.8 Å². The second-order valence-corrected chi connectivity index (χ2v) is 7.99. The van der Waals surface area contributed by atoms with Crippen LogP contribution < -0.4 is 0 Å². The zero-order valence-corrected chi connectivity index (χ0v) is 11.4. The lowest BCUT2D eigenvalue weighted by atomic mass is 9.72. The molecule has 0 radical (unpaired) electrons. The summed E-state index contributed by atoms with van der Waals surface area (Å²) < 4.78 is 0. The Labute approximate surface area is 104 Å². The SMILES string of the molecule is CC1(C)CC2C(CCC2(O)CO)C2(C)CC2C1. The van der Waals surface area contributed by atoms with Gasteiger partial charge in [0.25, 0.3) is 0 Å². The predicted octanol–water partition coefficient (Wildman–Crippen LogP) is 2.58. The van der Waals surface area contributed by atoms with E-state index in [-0.39, 0.29) is 6.61 Å². The van der Waals surface area contributed by atoms with Gasteiger partial charge in [0.2, 0.25) is 0 Å². The van der Waals surface area contributed by atoms with E-state index in [9.17, 15) is 10.2 Å². The van der Waals surface area contributed by atoms with Gasteiger partial charge in [-0.05, 0) is 60.7 Å². The van der Waals surface area contributed by atoms with Gasteiger partial charge < -0.3 is 10.2 Å². The van der Waals surface area contributed by atoms with Crippen LogP contribution in [-0.2, 0) is 0 Å². The number of aliphatic hydroxyl groups is 2. The highest BCUT2D eigenvalue weighted by Crippen LogP contribution is 2.70. The molecule has 2 nitrogen and oxygen atoms in total. The summed E-state index contributed by atoms with van der Waals surface area (Å²) in [6.45, 7) is 7.04. The molecule has 0 aromatic rings. The molecule has 0 heterocycles. The van der Waals surface area contributed by atoms with Crippen LogP contribution in [0.15, 0.2) is 0 Å². The minimum atomic E-state index is -0.789. The van der Waals surface area contributed by atoms with Crippen LogP contribution in [-0.4, -0.2) is 22.4 Å². The Morgan fingerprint density at radius 2 is 1.76 bits per heavy atom. The Hall–Kier alpha value is -0.0800. The van der Waals surface area contributed by atoms with Crippen molar-refractivity contribution in [1.82, 2.24) is 0 Å². The standard InChI is InChI=1S/C15H26O2/c1-13(2)6-10-7-14(10,3)11-4-5-15(17,9-16)12(11)8-13/h10-12,16-17H,4-9H2,1-3H3. The van der Waals surface area contributed by atoms with Gasteiger partial charge in [-0.25, -0.2) is 0 Å². The van der Waals surface area contributed by atoms with Crippen LogP contribution in [0.3, 0.4) is 0 Å². The quantitative estimate of drug-likeness (QED) is 0.737. The van der Waals surface area contributed by atoms with Crippen molar-refractivity contribution in [3.8, 4) is 0 Å². The lowest BCUT2D eigenvalue weighted by Crippen LogP contribution is -2.41. The van der Waals surface area contributed by atoms with E-state index in [1.54, 1.807) is 0 Å². The van der Waals surface area contributed by atoms with Crippen molar-refractivity contribution in [2.24, 2.45) is 28.6 Å². The molecule has 3 aliphatic carbocycles.